The Bertz CT molecular complexity index is 784. The third-order valence-corrected chi connectivity index (χ3v) is 5.49. The average molecular weight is 373 g/mol. The molecular formula is C19H23N3O3S. The predicted octanol–water partition coefficient (Wildman–Crippen LogP) is 4.44. The second-order valence-corrected chi connectivity index (χ2v) is 7.92. The van der Waals surface area contributed by atoms with Gasteiger partial charge in [0.15, 0.2) is 5.78 Å². The van der Waals surface area contributed by atoms with Gasteiger partial charge in [-0.1, -0.05) is 43.2 Å². The average Bonchev–Trinajstić information content (AvgIpc) is 3.11. The molecule has 1 aromatic heterocycles. The van der Waals surface area contributed by atoms with Crippen LogP contribution >= 0.6 is 11.8 Å². The number of carbonyl (C=O) groups is 2. The second-order valence-electron chi connectivity index (χ2n) is 6.63. The van der Waals surface area contributed by atoms with Crippen LogP contribution in [0, 0.1) is 0 Å². The van der Waals surface area contributed by atoms with Crippen molar-refractivity contribution in [2.75, 3.05) is 5.32 Å². The zero-order valence-corrected chi connectivity index (χ0v) is 15.8. The first kappa shape index (κ1) is 18.6. The molecule has 0 saturated heterocycles. The lowest BCUT2D eigenvalue weighted by atomic mass is 9.89. The molecule has 1 aromatic carbocycles. The monoisotopic (exact) mass is 373 g/mol. The van der Waals surface area contributed by atoms with Crippen LogP contribution in [-0.4, -0.2) is 27.1 Å². The standard InChI is InChI=1S/C19H23N3O3S/c1-12(23)15-9-6-10-16(11-15)20-17(24)13(2)26-19-22-21-18(25-19)14-7-4-3-5-8-14/h6,9-11,13-14H,3-5,7-8H2,1-2H3,(H,20,24). The van der Waals surface area contributed by atoms with Gasteiger partial charge in [-0.3, -0.25) is 9.59 Å². The van der Waals surface area contributed by atoms with E-state index in [1.165, 1.54) is 37.9 Å². The number of Topliss-reactive ketones (excluding diaryl/α,β-unsaturated/α-hetero) is 1. The van der Waals surface area contributed by atoms with Gasteiger partial charge in [0, 0.05) is 17.2 Å². The maximum Gasteiger partial charge on any atom is 0.277 e. The van der Waals surface area contributed by atoms with Gasteiger partial charge in [-0.25, -0.2) is 0 Å². The molecule has 1 fully saturated rings. The van der Waals surface area contributed by atoms with Crippen molar-refractivity contribution in [3.8, 4) is 0 Å². The summed E-state index contributed by atoms with van der Waals surface area (Å²) in [6.07, 6.45) is 5.86. The summed E-state index contributed by atoms with van der Waals surface area (Å²) in [5.41, 5.74) is 1.17. The molecule has 3 rings (SSSR count). The molecule has 26 heavy (non-hydrogen) atoms. The first-order valence-corrected chi connectivity index (χ1v) is 9.83. The topological polar surface area (TPSA) is 85.1 Å². The van der Waals surface area contributed by atoms with Gasteiger partial charge in [-0.2, -0.15) is 0 Å². The minimum Gasteiger partial charge on any atom is -0.416 e. The predicted molar refractivity (Wildman–Crippen MR) is 101 cm³/mol. The molecule has 0 radical (unpaired) electrons. The fourth-order valence-electron chi connectivity index (χ4n) is 3.05. The molecule has 0 spiro atoms. The smallest absolute Gasteiger partial charge is 0.277 e. The van der Waals surface area contributed by atoms with Gasteiger partial charge in [0.1, 0.15) is 0 Å². The molecule has 1 amide bonds. The number of hydrogen-bond donors (Lipinski definition) is 1. The third-order valence-electron chi connectivity index (χ3n) is 4.56. The molecule has 1 N–H and O–H groups in total. The highest BCUT2D eigenvalue weighted by Crippen LogP contribution is 2.33. The number of benzene rings is 1. The molecule has 1 aliphatic rings. The minimum absolute atomic E-state index is 0.0374. The number of amides is 1. The molecule has 0 aliphatic heterocycles. The van der Waals surface area contributed by atoms with Crippen LogP contribution in [-0.2, 0) is 4.79 Å². The lowest BCUT2D eigenvalue weighted by Gasteiger charge is -2.17. The molecular weight excluding hydrogens is 350 g/mol. The van der Waals surface area contributed by atoms with Crippen molar-refractivity contribution in [2.45, 2.75) is 62.3 Å². The van der Waals surface area contributed by atoms with Crippen LogP contribution in [0.3, 0.4) is 0 Å². The Morgan fingerprint density at radius 3 is 2.73 bits per heavy atom. The number of carbonyl (C=O) groups excluding carboxylic acids is 2. The zero-order chi connectivity index (χ0) is 18.5. The van der Waals surface area contributed by atoms with Crippen LogP contribution in [0.1, 0.15) is 68.1 Å². The Balaban J connectivity index is 1.58. The summed E-state index contributed by atoms with van der Waals surface area (Å²) in [5, 5.41) is 11.1. The van der Waals surface area contributed by atoms with E-state index in [9.17, 15) is 9.59 Å². The lowest BCUT2D eigenvalue weighted by Crippen LogP contribution is -2.22. The van der Waals surface area contributed by atoms with Crippen LogP contribution in [0.15, 0.2) is 33.9 Å². The van der Waals surface area contributed by atoms with E-state index in [0.29, 0.717) is 28.3 Å². The molecule has 2 aromatic rings. The largest absolute Gasteiger partial charge is 0.416 e. The van der Waals surface area contributed by atoms with Crippen LogP contribution in [0.2, 0.25) is 0 Å². The van der Waals surface area contributed by atoms with Gasteiger partial charge in [0.25, 0.3) is 5.22 Å². The van der Waals surface area contributed by atoms with E-state index in [2.05, 4.69) is 15.5 Å². The number of hydrogen-bond acceptors (Lipinski definition) is 6. The molecule has 1 aliphatic carbocycles. The van der Waals surface area contributed by atoms with Crippen LogP contribution in [0.25, 0.3) is 0 Å². The number of anilines is 1. The number of ketones is 1. The van der Waals surface area contributed by atoms with E-state index in [0.717, 1.165) is 12.8 Å². The van der Waals surface area contributed by atoms with Crippen molar-refractivity contribution in [3.05, 3.63) is 35.7 Å². The van der Waals surface area contributed by atoms with Crippen molar-refractivity contribution in [1.82, 2.24) is 10.2 Å². The summed E-state index contributed by atoms with van der Waals surface area (Å²) in [4.78, 5) is 23.8. The summed E-state index contributed by atoms with van der Waals surface area (Å²) >= 11 is 1.25. The van der Waals surface area contributed by atoms with E-state index < -0.39 is 5.25 Å². The van der Waals surface area contributed by atoms with Gasteiger partial charge in [0.05, 0.1) is 5.25 Å². The highest BCUT2D eigenvalue weighted by atomic mass is 32.2. The fourth-order valence-corrected chi connectivity index (χ4v) is 3.74. The first-order valence-electron chi connectivity index (χ1n) is 8.95. The third kappa shape index (κ3) is 4.72. The second kappa shape index (κ2) is 8.49. The summed E-state index contributed by atoms with van der Waals surface area (Å²) in [7, 11) is 0. The fraction of sp³-hybridized carbons (Fsp3) is 0.474. The summed E-state index contributed by atoms with van der Waals surface area (Å²) in [5.74, 6) is 0.829. The van der Waals surface area contributed by atoms with Crippen molar-refractivity contribution in [1.29, 1.82) is 0 Å². The quantitative estimate of drug-likeness (QED) is 0.595. The van der Waals surface area contributed by atoms with Crippen molar-refractivity contribution < 1.29 is 14.0 Å². The first-order chi connectivity index (χ1) is 12.5. The normalized spacial score (nSPS) is 16.2. The molecule has 6 nitrogen and oxygen atoms in total. The van der Waals surface area contributed by atoms with Crippen molar-refractivity contribution >= 4 is 29.1 Å². The Kier molecular flexibility index (Phi) is 6.08. The number of thioether (sulfide) groups is 1. The Morgan fingerprint density at radius 2 is 2.00 bits per heavy atom. The molecule has 7 heteroatoms. The lowest BCUT2D eigenvalue weighted by molar-refractivity contribution is -0.115. The maximum atomic E-state index is 12.4. The number of rotatable bonds is 6. The van der Waals surface area contributed by atoms with Gasteiger partial charge >= 0.3 is 0 Å². The Labute approximate surface area is 157 Å². The van der Waals surface area contributed by atoms with E-state index >= 15 is 0 Å². The van der Waals surface area contributed by atoms with Crippen LogP contribution < -0.4 is 5.32 Å². The van der Waals surface area contributed by atoms with Gasteiger partial charge in [0.2, 0.25) is 11.8 Å². The van der Waals surface area contributed by atoms with Gasteiger partial charge < -0.3 is 9.73 Å². The molecule has 138 valence electrons. The number of nitrogens with zero attached hydrogens (tertiary/aromatic N) is 2. The van der Waals surface area contributed by atoms with E-state index in [1.807, 2.05) is 0 Å². The minimum atomic E-state index is -0.393. The van der Waals surface area contributed by atoms with E-state index in [1.54, 1.807) is 31.2 Å². The van der Waals surface area contributed by atoms with Crippen molar-refractivity contribution in [3.63, 3.8) is 0 Å². The Morgan fingerprint density at radius 1 is 1.23 bits per heavy atom. The van der Waals surface area contributed by atoms with Crippen molar-refractivity contribution in [2.24, 2.45) is 0 Å². The zero-order valence-electron chi connectivity index (χ0n) is 15.0. The number of aromatic nitrogens is 2. The van der Waals surface area contributed by atoms with E-state index in [-0.39, 0.29) is 11.7 Å². The molecule has 0 bridgehead atoms. The SMILES string of the molecule is CC(=O)c1cccc(NC(=O)C(C)Sc2nnc(C3CCCCC3)o2)c1. The molecule has 1 heterocycles. The maximum absolute atomic E-state index is 12.4. The summed E-state index contributed by atoms with van der Waals surface area (Å²) in [6.45, 7) is 3.29. The van der Waals surface area contributed by atoms with Gasteiger partial charge in [-0.15, -0.1) is 10.2 Å². The van der Waals surface area contributed by atoms with E-state index in [4.69, 9.17) is 4.42 Å². The molecule has 1 unspecified atom stereocenters. The highest BCUT2D eigenvalue weighted by molar-refractivity contribution is 8.00. The Hall–Kier alpha value is -2.15. The molecule has 1 atom stereocenters. The highest BCUT2D eigenvalue weighted by Gasteiger charge is 2.23. The van der Waals surface area contributed by atoms with Crippen LogP contribution in [0.5, 0.6) is 0 Å². The summed E-state index contributed by atoms with van der Waals surface area (Å²) in [6, 6.07) is 6.90. The summed E-state index contributed by atoms with van der Waals surface area (Å²) < 4.78 is 5.76. The van der Waals surface area contributed by atoms with Gasteiger partial charge in [-0.05, 0) is 38.8 Å². The molecule has 1 saturated carbocycles. The number of nitrogens with one attached hydrogen (secondary N) is 1. The van der Waals surface area contributed by atoms with Crippen LogP contribution in [0.4, 0.5) is 5.69 Å².